The molecule has 1 heterocycles. The van der Waals surface area contributed by atoms with Gasteiger partial charge < -0.3 is 10.1 Å². The molecule has 1 aromatic rings. The Labute approximate surface area is 97.2 Å². The summed E-state index contributed by atoms with van der Waals surface area (Å²) in [5.41, 5.74) is 1.07. The molecule has 92 valence electrons. The number of nitrogens with one attached hydrogen (secondary N) is 1. The van der Waals surface area contributed by atoms with Crippen LogP contribution in [0.15, 0.2) is 6.20 Å². The lowest BCUT2D eigenvalue weighted by Gasteiger charge is -2.18. The fourth-order valence-corrected chi connectivity index (χ4v) is 1.53. The van der Waals surface area contributed by atoms with Gasteiger partial charge in [0.2, 0.25) is 0 Å². The van der Waals surface area contributed by atoms with Crippen LogP contribution in [0.4, 0.5) is 0 Å². The van der Waals surface area contributed by atoms with Gasteiger partial charge in [0.05, 0.1) is 24.5 Å². The van der Waals surface area contributed by atoms with E-state index in [1.807, 2.05) is 7.05 Å². The highest BCUT2D eigenvalue weighted by atomic mass is 16.5. The number of aromatic nitrogens is 3. The lowest BCUT2D eigenvalue weighted by molar-refractivity contribution is 0.110. The van der Waals surface area contributed by atoms with E-state index >= 15 is 0 Å². The maximum Gasteiger partial charge on any atom is 0.0776 e. The summed E-state index contributed by atoms with van der Waals surface area (Å²) >= 11 is 0. The number of ether oxygens (including phenoxy) is 1. The third kappa shape index (κ3) is 3.90. The van der Waals surface area contributed by atoms with Crippen LogP contribution < -0.4 is 5.32 Å². The molecule has 0 aromatic carbocycles. The minimum Gasteiger partial charge on any atom is -0.379 e. The molecule has 1 unspecified atom stereocenters. The van der Waals surface area contributed by atoms with Crippen LogP contribution in [0.1, 0.15) is 38.4 Å². The lowest BCUT2D eigenvalue weighted by atomic mass is 10.2. The van der Waals surface area contributed by atoms with Gasteiger partial charge in [0.1, 0.15) is 0 Å². The summed E-state index contributed by atoms with van der Waals surface area (Å²) < 4.78 is 7.38. The molecule has 0 bridgehead atoms. The molecule has 1 atom stereocenters. The average molecular weight is 226 g/mol. The van der Waals surface area contributed by atoms with E-state index < -0.39 is 0 Å². The van der Waals surface area contributed by atoms with Crippen LogP contribution in [-0.4, -0.2) is 34.8 Å². The van der Waals surface area contributed by atoms with Gasteiger partial charge in [-0.3, -0.25) is 4.68 Å². The second-order valence-electron chi connectivity index (χ2n) is 3.86. The number of rotatable bonds is 8. The van der Waals surface area contributed by atoms with Gasteiger partial charge in [-0.05, 0) is 19.4 Å². The first kappa shape index (κ1) is 13.1. The maximum absolute atomic E-state index is 5.59. The summed E-state index contributed by atoms with van der Waals surface area (Å²) in [5.74, 6) is 0. The Kier molecular flexibility index (Phi) is 6.03. The first-order valence-electron chi connectivity index (χ1n) is 5.95. The van der Waals surface area contributed by atoms with E-state index in [4.69, 9.17) is 4.74 Å². The van der Waals surface area contributed by atoms with E-state index in [0.29, 0.717) is 6.61 Å². The number of aryl methyl sites for hydroxylation is 1. The molecule has 0 amide bonds. The highest BCUT2D eigenvalue weighted by molar-refractivity contribution is 5.01. The van der Waals surface area contributed by atoms with Crippen LogP contribution in [0.25, 0.3) is 0 Å². The van der Waals surface area contributed by atoms with Gasteiger partial charge >= 0.3 is 0 Å². The fraction of sp³-hybridized carbons (Fsp3) is 0.818. The Balaban J connectivity index is 2.53. The highest BCUT2D eigenvalue weighted by Crippen LogP contribution is 2.10. The number of nitrogens with zero attached hydrogens (tertiary/aromatic N) is 3. The van der Waals surface area contributed by atoms with Crippen LogP contribution >= 0.6 is 0 Å². The van der Waals surface area contributed by atoms with E-state index in [0.717, 1.165) is 31.7 Å². The molecule has 5 heteroatoms. The zero-order valence-corrected chi connectivity index (χ0v) is 10.4. The zero-order chi connectivity index (χ0) is 11.8. The summed E-state index contributed by atoms with van der Waals surface area (Å²) in [5, 5.41) is 11.3. The predicted octanol–water partition coefficient (Wildman–Crippen LogP) is 1.28. The molecule has 0 aliphatic heterocycles. The van der Waals surface area contributed by atoms with Crippen molar-refractivity contribution in [1.29, 1.82) is 0 Å². The number of hydrogen-bond donors (Lipinski definition) is 1. The Hall–Kier alpha value is -0.940. The molecular weight excluding hydrogens is 204 g/mol. The Morgan fingerprint density at radius 2 is 2.25 bits per heavy atom. The normalized spacial score (nSPS) is 12.9. The van der Waals surface area contributed by atoms with Gasteiger partial charge in [-0.1, -0.05) is 19.1 Å². The van der Waals surface area contributed by atoms with E-state index in [1.165, 1.54) is 0 Å². The van der Waals surface area contributed by atoms with Crippen molar-refractivity contribution < 1.29 is 4.74 Å². The van der Waals surface area contributed by atoms with Crippen molar-refractivity contribution in [2.24, 2.45) is 7.05 Å². The van der Waals surface area contributed by atoms with Gasteiger partial charge in [0.25, 0.3) is 0 Å². The Bertz CT molecular complexity index is 287. The van der Waals surface area contributed by atoms with Crippen LogP contribution in [0.5, 0.6) is 0 Å². The van der Waals surface area contributed by atoms with Gasteiger partial charge in [-0.25, -0.2) is 0 Å². The van der Waals surface area contributed by atoms with Crippen molar-refractivity contribution in [3.63, 3.8) is 0 Å². The molecule has 0 aliphatic rings. The minimum atomic E-state index is 0.187. The van der Waals surface area contributed by atoms with E-state index in [1.54, 1.807) is 10.9 Å². The largest absolute Gasteiger partial charge is 0.379 e. The molecule has 1 N–H and O–H groups in total. The third-order valence-electron chi connectivity index (χ3n) is 2.38. The average Bonchev–Trinajstić information content (AvgIpc) is 2.70. The summed E-state index contributed by atoms with van der Waals surface area (Å²) in [7, 11) is 1.91. The molecular formula is C11H22N4O. The molecule has 0 fully saturated rings. The summed E-state index contributed by atoms with van der Waals surface area (Å²) in [4.78, 5) is 0. The van der Waals surface area contributed by atoms with E-state index in [-0.39, 0.29) is 6.04 Å². The molecule has 1 aromatic heterocycles. The topological polar surface area (TPSA) is 52.0 Å². The van der Waals surface area contributed by atoms with Crippen molar-refractivity contribution in [2.45, 2.75) is 32.7 Å². The molecule has 16 heavy (non-hydrogen) atoms. The third-order valence-corrected chi connectivity index (χ3v) is 2.38. The van der Waals surface area contributed by atoms with Crippen molar-refractivity contribution in [3.05, 3.63) is 11.9 Å². The van der Waals surface area contributed by atoms with E-state index in [2.05, 4.69) is 29.5 Å². The van der Waals surface area contributed by atoms with Gasteiger partial charge in [0.15, 0.2) is 0 Å². The van der Waals surface area contributed by atoms with Crippen molar-refractivity contribution in [2.75, 3.05) is 19.8 Å². The van der Waals surface area contributed by atoms with Crippen molar-refractivity contribution in [1.82, 2.24) is 20.3 Å². The zero-order valence-electron chi connectivity index (χ0n) is 10.4. The van der Waals surface area contributed by atoms with Crippen LogP contribution in [-0.2, 0) is 11.8 Å². The van der Waals surface area contributed by atoms with Crippen LogP contribution in [0, 0.1) is 0 Å². The first-order chi connectivity index (χ1) is 7.79. The van der Waals surface area contributed by atoms with Gasteiger partial charge in [-0.2, -0.15) is 0 Å². The molecule has 0 saturated carbocycles. The molecule has 5 nitrogen and oxygen atoms in total. The standard InChI is InChI=1S/C11H22N4O/c1-4-6-12-10(9-16-7-5-2)11-8-13-14-15(11)3/h8,10,12H,4-7,9H2,1-3H3. The van der Waals surface area contributed by atoms with Gasteiger partial charge in [-0.15, -0.1) is 5.10 Å². The summed E-state index contributed by atoms with van der Waals surface area (Å²) in [6.45, 7) is 6.72. The highest BCUT2D eigenvalue weighted by Gasteiger charge is 2.14. The summed E-state index contributed by atoms with van der Waals surface area (Å²) in [6, 6.07) is 0.187. The molecule has 0 spiro atoms. The van der Waals surface area contributed by atoms with Crippen LogP contribution in [0.3, 0.4) is 0 Å². The van der Waals surface area contributed by atoms with Crippen LogP contribution in [0.2, 0.25) is 0 Å². The van der Waals surface area contributed by atoms with Crippen molar-refractivity contribution in [3.8, 4) is 0 Å². The second-order valence-corrected chi connectivity index (χ2v) is 3.86. The van der Waals surface area contributed by atoms with Gasteiger partial charge in [0, 0.05) is 13.7 Å². The van der Waals surface area contributed by atoms with E-state index in [9.17, 15) is 0 Å². The van der Waals surface area contributed by atoms with Crippen molar-refractivity contribution >= 4 is 0 Å². The Morgan fingerprint density at radius 3 is 2.81 bits per heavy atom. The SMILES string of the molecule is CCCNC(COCCC)c1cnnn1C. The first-order valence-corrected chi connectivity index (χ1v) is 5.95. The smallest absolute Gasteiger partial charge is 0.0776 e. The Morgan fingerprint density at radius 1 is 1.44 bits per heavy atom. The summed E-state index contributed by atoms with van der Waals surface area (Å²) in [6.07, 6.45) is 3.95. The monoisotopic (exact) mass is 226 g/mol. The minimum absolute atomic E-state index is 0.187. The molecule has 1 rings (SSSR count). The lowest BCUT2D eigenvalue weighted by Crippen LogP contribution is -2.28. The predicted molar refractivity (Wildman–Crippen MR) is 63.1 cm³/mol. The quantitative estimate of drug-likeness (QED) is 0.678. The molecule has 0 saturated heterocycles. The molecule has 0 radical (unpaired) electrons. The fourth-order valence-electron chi connectivity index (χ4n) is 1.53. The second kappa shape index (κ2) is 7.35. The molecule has 0 aliphatic carbocycles. The number of hydrogen-bond acceptors (Lipinski definition) is 4. The maximum atomic E-state index is 5.59.